The van der Waals surface area contributed by atoms with Crippen LogP contribution in [-0.2, 0) is 4.74 Å². The Balaban J connectivity index is 2.40. The van der Waals surface area contributed by atoms with Crippen LogP contribution < -0.4 is 10.9 Å². The molecule has 1 aromatic heterocycles. The zero-order chi connectivity index (χ0) is 15.4. The quantitative estimate of drug-likeness (QED) is 0.382. The molecule has 0 fully saturated rings. The van der Waals surface area contributed by atoms with Gasteiger partial charge in [0.1, 0.15) is 11.1 Å². The van der Waals surface area contributed by atoms with Crippen LogP contribution in [0, 0.1) is 10.1 Å². The Labute approximate surface area is 118 Å². The van der Waals surface area contributed by atoms with E-state index in [0.29, 0.717) is 12.0 Å². The summed E-state index contributed by atoms with van der Waals surface area (Å²) in [7, 11) is 1.48. The summed E-state index contributed by atoms with van der Waals surface area (Å²) in [5, 5.41) is 13.5. The molecule has 2 rings (SSSR count). The van der Waals surface area contributed by atoms with Gasteiger partial charge in [-0.25, -0.2) is 4.79 Å². The lowest BCUT2D eigenvalue weighted by Gasteiger charge is -2.04. The second kappa shape index (κ2) is 6.14. The number of carbonyl (C=O) groups excluding carboxylic acids is 1. The number of amides is 1. The second-order valence-corrected chi connectivity index (χ2v) is 4.18. The molecule has 0 saturated heterocycles. The van der Waals surface area contributed by atoms with Crippen LogP contribution in [0.25, 0.3) is 11.0 Å². The van der Waals surface area contributed by atoms with E-state index in [4.69, 9.17) is 9.15 Å². The molecule has 2 aromatic rings. The molecule has 1 N–H and O–H groups in total. The van der Waals surface area contributed by atoms with Crippen LogP contribution in [0.2, 0.25) is 0 Å². The fraction of sp³-hybridized carbons (Fsp3) is 0.231. The number of hydrogen-bond donors (Lipinski definition) is 1. The summed E-state index contributed by atoms with van der Waals surface area (Å²) in [4.78, 5) is 33.7. The number of nitrogens with zero attached hydrogens (tertiary/aromatic N) is 1. The van der Waals surface area contributed by atoms with E-state index in [1.54, 1.807) is 0 Å². The Kier molecular flexibility index (Phi) is 4.29. The first kappa shape index (κ1) is 14.7. The molecule has 0 aliphatic heterocycles. The molecule has 0 unspecified atom stereocenters. The minimum atomic E-state index is -0.800. The molecule has 0 aliphatic rings. The van der Waals surface area contributed by atoms with Gasteiger partial charge < -0.3 is 14.5 Å². The second-order valence-electron chi connectivity index (χ2n) is 4.18. The minimum Gasteiger partial charge on any atom is -0.422 e. The predicted octanol–water partition coefficient (Wildman–Crippen LogP) is 1.08. The highest BCUT2D eigenvalue weighted by Gasteiger charge is 2.15. The van der Waals surface area contributed by atoms with Gasteiger partial charge in [0.15, 0.2) is 0 Å². The summed E-state index contributed by atoms with van der Waals surface area (Å²) >= 11 is 0. The number of nitro groups is 1. The number of hydrogen-bond acceptors (Lipinski definition) is 6. The molecule has 0 aliphatic carbocycles. The first-order chi connectivity index (χ1) is 10.0. The maximum Gasteiger partial charge on any atom is 0.349 e. The van der Waals surface area contributed by atoms with E-state index in [-0.39, 0.29) is 23.4 Å². The van der Waals surface area contributed by atoms with Crippen LogP contribution in [0.1, 0.15) is 10.4 Å². The molecular formula is C13H12N2O6. The average molecular weight is 292 g/mol. The molecule has 8 nitrogen and oxygen atoms in total. The molecule has 110 valence electrons. The van der Waals surface area contributed by atoms with Crippen molar-refractivity contribution < 1.29 is 18.9 Å². The topological polar surface area (TPSA) is 112 Å². The van der Waals surface area contributed by atoms with Gasteiger partial charge in [0, 0.05) is 31.2 Å². The third-order valence-corrected chi connectivity index (χ3v) is 2.76. The fourth-order valence-electron chi connectivity index (χ4n) is 1.74. The summed E-state index contributed by atoms with van der Waals surface area (Å²) in [5.74, 6) is -0.616. The average Bonchev–Trinajstić information content (AvgIpc) is 2.46. The van der Waals surface area contributed by atoms with Crippen molar-refractivity contribution in [3.05, 3.63) is 50.4 Å². The van der Waals surface area contributed by atoms with Crippen LogP contribution in [-0.4, -0.2) is 31.1 Å². The van der Waals surface area contributed by atoms with Gasteiger partial charge in [0.05, 0.1) is 11.5 Å². The van der Waals surface area contributed by atoms with Gasteiger partial charge in [-0.2, -0.15) is 0 Å². The molecule has 0 spiro atoms. The van der Waals surface area contributed by atoms with Crippen LogP contribution in [0.5, 0.6) is 0 Å². The Morgan fingerprint density at radius 3 is 2.86 bits per heavy atom. The van der Waals surface area contributed by atoms with Crippen molar-refractivity contribution in [1.82, 2.24) is 5.32 Å². The normalized spacial score (nSPS) is 10.5. The first-order valence-corrected chi connectivity index (χ1v) is 6.02. The SMILES string of the molecule is COCCNC(=O)c1cc2cc([N+](=O)[O-])ccc2oc1=O. The highest BCUT2D eigenvalue weighted by Crippen LogP contribution is 2.20. The number of nitro benzene ring substituents is 1. The van der Waals surface area contributed by atoms with E-state index in [1.165, 1.54) is 31.4 Å². The predicted molar refractivity (Wildman–Crippen MR) is 73.3 cm³/mol. The van der Waals surface area contributed by atoms with Crippen LogP contribution in [0.3, 0.4) is 0 Å². The lowest BCUT2D eigenvalue weighted by Crippen LogP contribution is -2.30. The van der Waals surface area contributed by atoms with Crippen molar-refractivity contribution in [3.8, 4) is 0 Å². The van der Waals surface area contributed by atoms with E-state index in [2.05, 4.69) is 5.32 Å². The van der Waals surface area contributed by atoms with Gasteiger partial charge in [0.25, 0.3) is 11.6 Å². The number of methoxy groups -OCH3 is 1. The number of ether oxygens (including phenoxy) is 1. The standard InChI is InChI=1S/C13H12N2O6/c1-20-5-4-14-12(16)10-7-8-6-9(15(18)19)2-3-11(8)21-13(10)17/h2-3,6-7H,4-5H2,1H3,(H,14,16). The lowest BCUT2D eigenvalue weighted by molar-refractivity contribution is -0.384. The van der Waals surface area contributed by atoms with E-state index in [1.807, 2.05) is 0 Å². The van der Waals surface area contributed by atoms with Crippen molar-refractivity contribution in [3.63, 3.8) is 0 Å². The molecule has 1 amide bonds. The van der Waals surface area contributed by atoms with Crippen molar-refractivity contribution in [1.29, 1.82) is 0 Å². The molecular weight excluding hydrogens is 280 g/mol. The number of fused-ring (bicyclic) bond motifs is 1. The van der Waals surface area contributed by atoms with E-state index < -0.39 is 16.5 Å². The minimum absolute atomic E-state index is 0.151. The molecule has 1 heterocycles. The van der Waals surface area contributed by atoms with Gasteiger partial charge in [-0.05, 0) is 12.1 Å². The summed E-state index contributed by atoms with van der Waals surface area (Å²) in [6.45, 7) is 0.540. The Morgan fingerprint density at radius 2 is 2.19 bits per heavy atom. The highest BCUT2D eigenvalue weighted by molar-refractivity contribution is 5.96. The highest BCUT2D eigenvalue weighted by atomic mass is 16.6. The smallest absolute Gasteiger partial charge is 0.349 e. The van der Waals surface area contributed by atoms with Gasteiger partial charge >= 0.3 is 5.63 Å². The molecule has 0 atom stereocenters. The number of nitrogens with one attached hydrogen (secondary N) is 1. The van der Waals surface area contributed by atoms with Gasteiger partial charge in [0.2, 0.25) is 0 Å². The van der Waals surface area contributed by atoms with Crippen molar-refractivity contribution in [2.45, 2.75) is 0 Å². The molecule has 0 radical (unpaired) electrons. The van der Waals surface area contributed by atoms with E-state index in [9.17, 15) is 19.7 Å². The number of carbonyl (C=O) groups is 1. The summed E-state index contributed by atoms with van der Waals surface area (Å²) < 4.78 is 9.76. The summed E-state index contributed by atoms with van der Waals surface area (Å²) in [6, 6.07) is 5.06. The zero-order valence-electron chi connectivity index (χ0n) is 11.1. The molecule has 0 saturated carbocycles. The number of benzene rings is 1. The monoisotopic (exact) mass is 292 g/mol. The van der Waals surface area contributed by atoms with E-state index in [0.717, 1.165) is 0 Å². The maximum absolute atomic E-state index is 11.8. The molecule has 8 heteroatoms. The van der Waals surface area contributed by atoms with Gasteiger partial charge in [-0.1, -0.05) is 0 Å². The summed E-state index contributed by atoms with van der Waals surface area (Å²) in [5.41, 5.74) is -0.980. The van der Waals surface area contributed by atoms with Crippen molar-refractivity contribution in [2.24, 2.45) is 0 Å². The van der Waals surface area contributed by atoms with Gasteiger partial charge in [-0.3, -0.25) is 14.9 Å². The third-order valence-electron chi connectivity index (χ3n) is 2.76. The Morgan fingerprint density at radius 1 is 1.43 bits per heavy atom. The fourth-order valence-corrected chi connectivity index (χ4v) is 1.74. The number of non-ortho nitro benzene ring substituents is 1. The van der Waals surface area contributed by atoms with Crippen molar-refractivity contribution >= 4 is 22.6 Å². The van der Waals surface area contributed by atoms with Crippen LogP contribution in [0.15, 0.2) is 33.5 Å². The van der Waals surface area contributed by atoms with Crippen LogP contribution >= 0.6 is 0 Å². The van der Waals surface area contributed by atoms with Crippen LogP contribution in [0.4, 0.5) is 5.69 Å². The molecule has 0 bridgehead atoms. The lowest BCUT2D eigenvalue weighted by atomic mass is 10.1. The zero-order valence-corrected chi connectivity index (χ0v) is 11.1. The maximum atomic E-state index is 11.8. The molecule has 21 heavy (non-hydrogen) atoms. The van der Waals surface area contributed by atoms with Crippen molar-refractivity contribution in [2.75, 3.05) is 20.3 Å². The first-order valence-electron chi connectivity index (χ1n) is 6.02. The Bertz CT molecular complexity index is 752. The van der Waals surface area contributed by atoms with Gasteiger partial charge in [-0.15, -0.1) is 0 Å². The third kappa shape index (κ3) is 3.23. The summed E-state index contributed by atoms with van der Waals surface area (Å²) in [6.07, 6.45) is 0. The largest absolute Gasteiger partial charge is 0.422 e. The molecule has 1 aromatic carbocycles. The van der Waals surface area contributed by atoms with E-state index >= 15 is 0 Å². The Hall–Kier alpha value is -2.74. The number of rotatable bonds is 5.